The van der Waals surface area contributed by atoms with E-state index in [9.17, 15) is 14.4 Å². The van der Waals surface area contributed by atoms with Gasteiger partial charge >= 0.3 is 18.0 Å². The van der Waals surface area contributed by atoms with Gasteiger partial charge in [0.05, 0.1) is 12.0 Å². The molecular weight excluding hydrogens is 340 g/mol. The summed E-state index contributed by atoms with van der Waals surface area (Å²) in [5.41, 5.74) is 0.763. The fourth-order valence-electron chi connectivity index (χ4n) is 1.77. The van der Waals surface area contributed by atoms with Gasteiger partial charge in [0.1, 0.15) is 11.8 Å². The van der Waals surface area contributed by atoms with E-state index >= 15 is 0 Å². The molecule has 0 spiro atoms. The van der Waals surface area contributed by atoms with Crippen molar-refractivity contribution < 1.29 is 44.6 Å². The van der Waals surface area contributed by atoms with Crippen LogP contribution in [0.4, 0.5) is 4.79 Å². The molecule has 25 heavy (non-hydrogen) atoms. The van der Waals surface area contributed by atoms with Crippen LogP contribution in [0.1, 0.15) is 18.4 Å². The molecule has 1 unspecified atom stereocenters. The van der Waals surface area contributed by atoms with E-state index in [1.54, 1.807) is 12.1 Å². The lowest BCUT2D eigenvalue weighted by Crippen LogP contribution is -2.42. The van der Waals surface area contributed by atoms with Crippen molar-refractivity contribution in [3.8, 4) is 5.75 Å². The molecule has 1 amide bonds. The number of benzene rings is 1. The van der Waals surface area contributed by atoms with Crippen LogP contribution in [0.25, 0.3) is 0 Å². The van der Waals surface area contributed by atoms with Crippen molar-refractivity contribution in [2.75, 3.05) is 6.61 Å². The van der Waals surface area contributed by atoms with Crippen molar-refractivity contribution in [2.24, 2.45) is 0 Å². The van der Waals surface area contributed by atoms with E-state index in [-0.39, 0.29) is 18.8 Å². The van der Waals surface area contributed by atoms with Crippen molar-refractivity contribution in [1.29, 1.82) is 0 Å². The molecule has 0 saturated heterocycles. The van der Waals surface area contributed by atoms with Crippen LogP contribution in [-0.4, -0.2) is 56.7 Å². The molecule has 0 saturated carbocycles. The monoisotopic (exact) mass is 358 g/mol. The minimum absolute atomic E-state index is 0.0115. The molecule has 1 aromatic rings. The Kier molecular flexibility index (Phi) is 8.29. The highest BCUT2D eigenvalue weighted by atomic mass is 17.1. The number of amides is 1. The first-order valence-electron chi connectivity index (χ1n) is 7.10. The minimum atomic E-state index is -1.38. The first-order chi connectivity index (χ1) is 11.8. The lowest BCUT2D eigenvalue weighted by molar-refractivity contribution is -0.492. The summed E-state index contributed by atoms with van der Waals surface area (Å²) in [5, 5.41) is 35.9. The molecule has 0 aliphatic heterocycles. The lowest BCUT2D eigenvalue weighted by atomic mass is 10.1. The summed E-state index contributed by atoms with van der Waals surface area (Å²) in [6, 6.07) is 4.74. The quantitative estimate of drug-likeness (QED) is 0.375. The number of carboxylic acid groups (broad SMARTS) is 2. The average molecular weight is 358 g/mol. The van der Waals surface area contributed by atoms with Crippen LogP contribution < -0.4 is 10.1 Å². The van der Waals surface area contributed by atoms with Crippen molar-refractivity contribution >= 4 is 18.0 Å². The summed E-state index contributed by atoms with van der Waals surface area (Å²) in [6.07, 6.45) is -1.34. The van der Waals surface area contributed by atoms with Gasteiger partial charge in [-0.15, -0.1) is 0 Å². The molecule has 138 valence electrons. The Balaban J connectivity index is 2.49. The van der Waals surface area contributed by atoms with Gasteiger partial charge in [-0.3, -0.25) is 20.0 Å². The summed E-state index contributed by atoms with van der Waals surface area (Å²) in [7, 11) is 0. The highest BCUT2D eigenvalue weighted by Crippen LogP contribution is 2.13. The minimum Gasteiger partial charge on any atom is -0.481 e. The number of carbonyl (C=O) groups is 3. The van der Waals surface area contributed by atoms with Gasteiger partial charge in [-0.25, -0.2) is 9.59 Å². The number of rotatable bonds is 10. The standard InChI is InChI=1S/C14H18N2O9/c17-12(18)6-5-11(13(19)20)15-14(21)25-10-3-1-9(2-4-10)7-8-24-16(22)23/h1-4,11,22-23H,5-8H2,(H,15,21)(H,17,18)(H,19,20). The number of hydrogen-bond acceptors (Lipinski definition) is 8. The fraction of sp³-hybridized carbons (Fsp3) is 0.357. The van der Waals surface area contributed by atoms with Crippen LogP contribution in [0.2, 0.25) is 0 Å². The van der Waals surface area contributed by atoms with Gasteiger partial charge in [-0.05, 0) is 30.5 Å². The van der Waals surface area contributed by atoms with Gasteiger partial charge in [-0.1, -0.05) is 12.1 Å². The molecule has 0 radical (unpaired) electrons. The maximum atomic E-state index is 11.7. The number of ether oxygens (including phenoxy) is 1. The summed E-state index contributed by atoms with van der Waals surface area (Å²) in [4.78, 5) is 37.5. The van der Waals surface area contributed by atoms with Gasteiger partial charge in [0, 0.05) is 6.42 Å². The van der Waals surface area contributed by atoms with E-state index in [1.165, 1.54) is 12.1 Å². The van der Waals surface area contributed by atoms with Crippen molar-refractivity contribution in [1.82, 2.24) is 10.7 Å². The molecule has 1 aromatic carbocycles. The summed E-state index contributed by atoms with van der Waals surface area (Å²) in [5.74, 6) is -2.39. The Bertz CT molecular complexity index is 588. The molecular formula is C14H18N2O9. The van der Waals surface area contributed by atoms with Crippen LogP contribution >= 0.6 is 0 Å². The molecule has 0 bridgehead atoms. The zero-order valence-electron chi connectivity index (χ0n) is 13.0. The largest absolute Gasteiger partial charge is 0.481 e. The number of nitrogens with zero attached hydrogens (tertiary/aromatic N) is 1. The zero-order chi connectivity index (χ0) is 18.8. The Morgan fingerprint density at radius 1 is 1.12 bits per heavy atom. The predicted octanol–water partition coefficient (Wildman–Crippen LogP) is 0.647. The van der Waals surface area contributed by atoms with E-state index in [1.807, 2.05) is 0 Å². The third-order valence-corrected chi connectivity index (χ3v) is 2.97. The van der Waals surface area contributed by atoms with Crippen molar-refractivity contribution in [3.63, 3.8) is 0 Å². The molecule has 1 atom stereocenters. The third kappa shape index (κ3) is 8.62. The number of carbonyl (C=O) groups excluding carboxylic acids is 1. The molecule has 0 aliphatic carbocycles. The highest BCUT2D eigenvalue weighted by Gasteiger charge is 2.21. The SMILES string of the molecule is O=C(O)CCC(NC(=O)Oc1ccc(CCON(O)O)cc1)C(=O)O. The number of aliphatic carboxylic acids is 2. The van der Waals surface area contributed by atoms with Crippen molar-refractivity contribution in [3.05, 3.63) is 29.8 Å². The van der Waals surface area contributed by atoms with Gasteiger partial charge in [0.15, 0.2) is 0 Å². The van der Waals surface area contributed by atoms with Crippen LogP contribution in [0.3, 0.4) is 0 Å². The molecule has 11 heteroatoms. The Morgan fingerprint density at radius 2 is 1.76 bits per heavy atom. The second-order valence-electron chi connectivity index (χ2n) is 4.84. The predicted molar refractivity (Wildman–Crippen MR) is 79.0 cm³/mol. The van der Waals surface area contributed by atoms with Gasteiger partial charge in [0.25, 0.3) is 0 Å². The summed E-state index contributed by atoms with van der Waals surface area (Å²) in [6.45, 7) is 0.0115. The van der Waals surface area contributed by atoms with Crippen LogP contribution in [0, 0.1) is 0 Å². The molecule has 0 fully saturated rings. The summed E-state index contributed by atoms with van der Waals surface area (Å²) < 4.78 is 4.92. The first kappa shape index (κ1) is 20.3. The smallest absolute Gasteiger partial charge is 0.413 e. The molecule has 1 rings (SSSR count). The van der Waals surface area contributed by atoms with Crippen LogP contribution in [0.5, 0.6) is 5.75 Å². The average Bonchev–Trinajstić information content (AvgIpc) is 2.52. The van der Waals surface area contributed by atoms with E-state index in [0.717, 1.165) is 5.56 Å². The van der Waals surface area contributed by atoms with Crippen LogP contribution in [-0.2, 0) is 20.8 Å². The Labute approximate surface area is 141 Å². The van der Waals surface area contributed by atoms with E-state index in [0.29, 0.717) is 6.42 Å². The number of hydrogen-bond donors (Lipinski definition) is 5. The summed E-state index contributed by atoms with van der Waals surface area (Å²) >= 11 is 0. The zero-order valence-corrected chi connectivity index (χ0v) is 13.0. The topological polar surface area (TPSA) is 166 Å². The van der Waals surface area contributed by atoms with Gasteiger partial charge in [-0.2, -0.15) is 0 Å². The molecule has 11 nitrogen and oxygen atoms in total. The highest BCUT2D eigenvalue weighted by molar-refractivity contribution is 5.81. The second kappa shape index (κ2) is 10.2. The molecule has 0 aromatic heterocycles. The molecule has 5 N–H and O–H groups in total. The lowest BCUT2D eigenvalue weighted by Gasteiger charge is -2.13. The maximum absolute atomic E-state index is 11.7. The Morgan fingerprint density at radius 3 is 2.28 bits per heavy atom. The third-order valence-electron chi connectivity index (χ3n) is 2.97. The molecule has 0 heterocycles. The molecule has 0 aliphatic rings. The number of nitrogens with one attached hydrogen (secondary N) is 1. The second-order valence-corrected chi connectivity index (χ2v) is 4.84. The number of carboxylic acids is 2. The first-order valence-corrected chi connectivity index (χ1v) is 7.10. The van der Waals surface area contributed by atoms with E-state index in [4.69, 9.17) is 25.4 Å². The van der Waals surface area contributed by atoms with E-state index < -0.39 is 35.9 Å². The van der Waals surface area contributed by atoms with Crippen molar-refractivity contribution in [2.45, 2.75) is 25.3 Å². The van der Waals surface area contributed by atoms with Crippen LogP contribution in [0.15, 0.2) is 24.3 Å². The fourth-order valence-corrected chi connectivity index (χ4v) is 1.77. The Hall–Kier alpha value is -2.73. The maximum Gasteiger partial charge on any atom is 0.413 e. The van der Waals surface area contributed by atoms with E-state index in [2.05, 4.69) is 10.2 Å². The normalized spacial score (nSPS) is 11.8. The van der Waals surface area contributed by atoms with Gasteiger partial charge < -0.3 is 20.3 Å². The van der Waals surface area contributed by atoms with Gasteiger partial charge in [0.2, 0.25) is 0 Å².